The molecule has 5 nitrogen and oxygen atoms in total. The Bertz CT molecular complexity index is 780. The van der Waals surface area contributed by atoms with Gasteiger partial charge in [0.25, 0.3) is 0 Å². The summed E-state index contributed by atoms with van der Waals surface area (Å²) >= 11 is 3.16. The Morgan fingerprint density at radius 3 is 2.71 bits per heavy atom. The molecule has 0 spiro atoms. The fourth-order valence-corrected chi connectivity index (χ4v) is 5.48. The van der Waals surface area contributed by atoms with E-state index in [1.165, 1.54) is 11.8 Å². The minimum absolute atomic E-state index is 0.0315. The van der Waals surface area contributed by atoms with Crippen LogP contribution >= 0.6 is 23.1 Å². The van der Waals surface area contributed by atoms with Crippen LogP contribution < -0.4 is 5.73 Å². The molecule has 3 rings (SSSR count). The van der Waals surface area contributed by atoms with Crippen LogP contribution in [0.5, 0.6) is 0 Å². The molecule has 1 aliphatic heterocycles. The number of fused-ring (bicyclic) bond motifs is 1. The Kier molecular flexibility index (Phi) is 7.26. The highest BCUT2D eigenvalue weighted by atomic mass is 32.2. The monoisotopic (exact) mass is 420 g/mol. The van der Waals surface area contributed by atoms with E-state index in [9.17, 15) is 4.79 Å². The molecule has 2 heterocycles. The summed E-state index contributed by atoms with van der Waals surface area (Å²) in [4.78, 5) is 14.8. The first kappa shape index (κ1) is 21.0. The molecule has 0 radical (unpaired) electrons. The maximum atomic E-state index is 12.4. The lowest BCUT2D eigenvalue weighted by atomic mass is 9.87. The minimum atomic E-state index is -0.328. The van der Waals surface area contributed by atoms with Crippen molar-refractivity contribution in [2.24, 2.45) is 11.7 Å². The number of hydrogen-bond donors (Lipinski definition) is 1. The predicted molar refractivity (Wildman–Crippen MR) is 117 cm³/mol. The van der Waals surface area contributed by atoms with Gasteiger partial charge in [-0.05, 0) is 42.4 Å². The van der Waals surface area contributed by atoms with Gasteiger partial charge in [-0.3, -0.25) is 0 Å². The molecule has 0 amide bonds. The van der Waals surface area contributed by atoms with Gasteiger partial charge in [0.2, 0.25) is 0 Å². The summed E-state index contributed by atoms with van der Waals surface area (Å²) < 4.78 is 11.6. The number of carbonyl (C=O) groups excluding carboxylic acids is 1. The van der Waals surface area contributed by atoms with Gasteiger partial charge in [0.15, 0.2) is 0 Å². The van der Waals surface area contributed by atoms with Crippen molar-refractivity contribution < 1.29 is 14.3 Å². The number of ether oxygens (including phenoxy) is 2. The lowest BCUT2D eigenvalue weighted by Gasteiger charge is -2.28. The molecule has 2 N–H and O–H groups in total. The first-order valence-electron chi connectivity index (χ1n) is 9.74. The maximum absolute atomic E-state index is 12.4. The quantitative estimate of drug-likeness (QED) is 0.612. The number of allylic oxidation sites excluding steroid dienone is 3. The van der Waals surface area contributed by atoms with Crippen LogP contribution in [0.25, 0.3) is 5.57 Å². The second-order valence-electron chi connectivity index (χ2n) is 6.59. The smallest absolute Gasteiger partial charge is 0.337 e. The van der Waals surface area contributed by atoms with Crippen LogP contribution in [0.2, 0.25) is 0 Å². The fourth-order valence-electron chi connectivity index (χ4n) is 3.52. The number of nitrogens with two attached hydrogens (primary N) is 1. The molecular formula is C21H28N2O3S2. The molecular weight excluding hydrogens is 392 g/mol. The third kappa shape index (κ3) is 4.31. The number of hydrogen-bond acceptors (Lipinski definition) is 7. The molecule has 0 aromatic carbocycles. The van der Waals surface area contributed by atoms with Crippen molar-refractivity contribution in [1.82, 2.24) is 4.90 Å². The molecule has 152 valence electrons. The summed E-state index contributed by atoms with van der Waals surface area (Å²) in [7, 11) is 0. The summed E-state index contributed by atoms with van der Waals surface area (Å²) in [6.45, 7) is 9.93. The van der Waals surface area contributed by atoms with E-state index in [-0.39, 0.29) is 17.1 Å². The van der Waals surface area contributed by atoms with Crippen molar-refractivity contribution in [2.45, 2.75) is 26.0 Å². The lowest BCUT2D eigenvalue weighted by Crippen LogP contribution is -2.29. The maximum Gasteiger partial charge on any atom is 0.337 e. The zero-order valence-corrected chi connectivity index (χ0v) is 18.3. The van der Waals surface area contributed by atoms with Gasteiger partial charge >= 0.3 is 5.97 Å². The van der Waals surface area contributed by atoms with E-state index in [1.54, 1.807) is 18.3 Å². The SMILES string of the molecule is CCOC(=O)C1=C(N)SC2C(OCCN(CC)CC)=C(c3ccsc3)C=CC12. The Balaban J connectivity index is 1.86. The average molecular weight is 421 g/mol. The van der Waals surface area contributed by atoms with Crippen molar-refractivity contribution in [3.8, 4) is 0 Å². The highest BCUT2D eigenvalue weighted by molar-refractivity contribution is 8.04. The summed E-state index contributed by atoms with van der Waals surface area (Å²) in [5.74, 6) is 0.464. The molecule has 2 aliphatic rings. The highest BCUT2D eigenvalue weighted by Gasteiger charge is 2.43. The van der Waals surface area contributed by atoms with E-state index in [4.69, 9.17) is 15.2 Å². The molecule has 2 unspecified atom stereocenters. The molecule has 0 saturated heterocycles. The molecule has 1 aromatic rings. The molecule has 0 fully saturated rings. The van der Waals surface area contributed by atoms with Crippen LogP contribution in [0.4, 0.5) is 0 Å². The van der Waals surface area contributed by atoms with Gasteiger partial charge in [-0.25, -0.2) is 4.79 Å². The van der Waals surface area contributed by atoms with Crippen LogP contribution in [-0.2, 0) is 14.3 Å². The van der Waals surface area contributed by atoms with E-state index in [1.807, 2.05) is 0 Å². The Labute approximate surface area is 175 Å². The Hall–Kier alpha value is -1.70. The fraction of sp³-hybridized carbons (Fsp3) is 0.476. The molecule has 1 aromatic heterocycles. The van der Waals surface area contributed by atoms with Crippen molar-refractivity contribution in [3.05, 3.63) is 50.9 Å². The van der Waals surface area contributed by atoms with Crippen molar-refractivity contribution in [1.29, 1.82) is 0 Å². The van der Waals surface area contributed by atoms with Gasteiger partial charge in [0.1, 0.15) is 12.4 Å². The van der Waals surface area contributed by atoms with Gasteiger partial charge < -0.3 is 20.1 Å². The van der Waals surface area contributed by atoms with Crippen molar-refractivity contribution in [3.63, 3.8) is 0 Å². The lowest BCUT2D eigenvalue weighted by molar-refractivity contribution is -0.139. The van der Waals surface area contributed by atoms with Gasteiger partial charge in [0, 0.05) is 18.0 Å². The van der Waals surface area contributed by atoms with E-state index in [2.05, 4.69) is 47.7 Å². The number of nitrogens with zero attached hydrogens (tertiary/aromatic N) is 1. The van der Waals surface area contributed by atoms with Crippen molar-refractivity contribution >= 4 is 34.6 Å². The van der Waals surface area contributed by atoms with Gasteiger partial charge in [-0.15, -0.1) is 0 Å². The summed E-state index contributed by atoms with van der Waals surface area (Å²) in [5, 5.41) is 4.69. The summed E-state index contributed by atoms with van der Waals surface area (Å²) in [6.07, 6.45) is 4.13. The zero-order chi connectivity index (χ0) is 20.1. The normalized spacial score (nSPS) is 21.4. The zero-order valence-electron chi connectivity index (χ0n) is 16.6. The van der Waals surface area contributed by atoms with Crippen LogP contribution in [0.1, 0.15) is 26.3 Å². The van der Waals surface area contributed by atoms with Crippen molar-refractivity contribution in [2.75, 3.05) is 32.8 Å². The van der Waals surface area contributed by atoms with Crippen LogP contribution in [-0.4, -0.2) is 49.0 Å². The molecule has 0 bridgehead atoms. The highest BCUT2D eigenvalue weighted by Crippen LogP contribution is 2.49. The van der Waals surface area contributed by atoms with E-state index in [0.29, 0.717) is 23.8 Å². The second-order valence-corrected chi connectivity index (χ2v) is 8.55. The first-order valence-corrected chi connectivity index (χ1v) is 11.6. The number of esters is 1. The molecule has 0 saturated carbocycles. The molecule has 2 atom stereocenters. The predicted octanol–water partition coefficient (Wildman–Crippen LogP) is 3.85. The van der Waals surface area contributed by atoms with E-state index < -0.39 is 0 Å². The molecule has 1 aliphatic carbocycles. The van der Waals surface area contributed by atoms with Crippen LogP contribution in [0.15, 0.2) is 45.3 Å². The number of thioether (sulfide) groups is 1. The molecule has 28 heavy (non-hydrogen) atoms. The first-order chi connectivity index (χ1) is 13.6. The number of thiophene rings is 1. The average Bonchev–Trinajstić information content (AvgIpc) is 3.32. The Morgan fingerprint density at radius 1 is 1.29 bits per heavy atom. The number of carbonyl (C=O) groups is 1. The summed E-state index contributed by atoms with van der Waals surface area (Å²) in [6, 6.07) is 2.10. The number of likely N-dealkylation sites (N-methyl/N-ethyl adjacent to an activating group) is 1. The summed E-state index contributed by atoms with van der Waals surface area (Å²) in [5.41, 5.74) is 9.01. The van der Waals surface area contributed by atoms with Gasteiger partial charge in [0.05, 0.1) is 22.5 Å². The van der Waals surface area contributed by atoms with Gasteiger partial charge in [-0.1, -0.05) is 37.8 Å². The van der Waals surface area contributed by atoms with E-state index >= 15 is 0 Å². The third-order valence-corrected chi connectivity index (χ3v) is 6.98. The minimum Gasteiger partial charge on any atom is -0.495 e. The largest absolute Gasteiger partial charge is 0.495 e. The second kappa shape index (κ2) is 9.67. The van der Waals surface area contributed by atoms with Crippen LogP contribution in [0.3, 0.4) is 0 Å². The third-order valence-electron chi connectivity index (χ3n) is 5.06. The van der Waals surface area contributed by atoms with E-state index in [0.717, 1.165) is 36.5 Å². The van der Waals surface area contributed by atoms with Crippen LogP contribution in [0, 0.1) is 5.92 Å². The van der Waals surface area contributed by atoms with Gasteiger partial charge in [-0.2, -0.15) is 11.3 Å². The topological polar surface area (TPSA) is 64.8 Å². The molecule has 7 heteroatoms. The Morgan fingerprint density at radius 2 is 2.07 bits per heavy atom. The number of rotatable bonds is 9. The standard InChI is InChI=1S/C21H28N2O3S2/c1-4-23(5-2)10-11-26-18-15(14-9-12-27-13-14)7-8-16-17(21(24)25-6-3)20(22)28-19(16)18/h7-9,12-13,16,19H,4-6,10-11,22H2,1-3H3.